The van der Waals surface area contributed by atoms with E-state index in [4.69, 9.17) is 0 Å². The van der Waals surface area contributed by atoms with E-state index < -0.39 is 0 Å². The summed E-state index contributed by atoms with van der Waals surface area (Å²) in [7, 11) is 2.06. The molecule has 0 unspecified atom stereocenters. The van der Waals surface area contributed by atoms with Gasteiger partial charge in [0.25, 0.3) is 0 Å². The quantitative estimate of drug-likeness (QED) is 0.693. The maximum absolute atomic E-state index is 4.68. The van der Waals surface area contributed by atoms with Crippen molar-refractivity contribution in [3.05, 3.63) is 59.9 Å². The van der Waals surface area contributed by atoms with Crippen LogP contribution in [0.4, 0.5) is 0 Å². The van der Waals surface area contributed by atoms with Crippen LogP contribution in [-0.2, 0) is 13.5 Å². The van der Waals surface area contributed by atoms with Crippen LogP contribution in [0.5, 0.6) is 0 Å². The zero-order valence-corrected chi connectivity index (χ0v) is 11.1. The predicted octanol–water partition coefficient (Wildman–Crippen LogP) is 3.45. The Kier molecular flexibility index (Phi) is 2.84. The fourth-order valence-electron chi connectivity index (χ4n) is 2.17. The third kappa shape index (κ3) is 2.02. The van der Waals surface area contributed by atoms with Gasteiger partial charge in [-0.2, -0.15) is 0 Å². The van der Waals surface area contributed by atoms with Gasteiger partial charge in [0, 0.05) is 18.4 Å². The molecule has 3 rings (SSSR count). The maximum atomic E-state index is 4.68. The normalized spacial score (nSPS) is 11.0. The standard InChI is InChI=1S/C15H14N2S/c1-17-14-8-7-12(18)10-13(14)16-15(17)9-11-5-3-2-4-6-11/h2-8,10,18H,9H2,1H3. The Hall–Kier alpha value is -1.74. The first-order valence-electron chi connectivity index (χ1n) is 5.92. The van der Waals surface area contributed by atoms with Gasteiger partial charge < -0.3 is 4.57 Å². The fourth-order valence-corrected chi connectivity index (χ4v) is 2.37. The van der Waals surface area contributed by atoms with E-state index >= 15 is 0 Å². The minimum atomic E-state index is 0.855. The number of rotatable bonds is 2. The second-order valence-electron chi connectivity index (χ2n) is 4.42. The van der Waals surface area contributed by atoms with Crippen molar-refractivity contribution in [2.24, 2.45) is 7.05 Å². The summed E-state index contributed by atoms with van der Waals surface area (Å²) in [6.07, 6.45) is 0.855. The van der Waals surface area contributed by atoms with Gasteiger partial charge >= 0.3 is 0 Å². The molecule has 1 heterocycles. The van der Waals surface area contributed by atoms with Crippen LogP contribution in [0.1, 0.15) is 11.4 Å². The van der Waals surface area contributed by atoms with Gasteiger partial charge in [-0.3, -0.25) is 0 Å². The highest BCUT2D eigenvalue weighted by Gasteiger charge is 2.08. The molecular weight excluding hydrogens is 240 g/mol. The number of fused-ring (bicyclic) bond motifs is 1. The van der Waals surface area contributed by atoms with E-state index in [0.29, 0.717) is 0 Å². The maximum Gasteiger partial charge on any atom is 0.114 e. The van der Waals surface area contributed by atoms with Crippen LogP contribution in [0.2, 0.25) is 0 Å². The average Bonchev–Trinajstić information content (AvgIpc) is 2.67. The highest BCUT2D eigenvalue weighted by Crippen LogP contribution is 2.20. The molecule has 0 amide bonds. The Morgan fingerprint density at radius 3 is 2.67 bits per heavy atom. The van der Waals surface area contributed by atoms with Gasteiger partial charge in [-0.1, -0.05) is 30.3 Å². The number of aromatic nitrogens is 2. The Morgan fingerprint density at radius 2 is 1.89 bits per heavy atom. The Labute approximate surface area is 112 Å². The molecule has 0 bridgehead atoms. The molecule has 3 aromatic rings. The molecule has 90 valence electrons. The van der Waals surface area contributed by atoms with Crippen LogP contribution in [-0.4, -0.2) is 9.55 Å². The first-order chi connectivity index (χ1) is 8.74. The largest absolute Gasteiger partial charge is 0.331 e. The summed E-state index contributed by atoms with van der Waals surface area (Å²) >= 11 is 4.35. The van der Waals surface area contributed by atoms with Gasteiger partial charge in [0.05, 0.1) is 11.0 Å². The molecule has 0 saturated heterocycles. The molecule has 3 heteroatoms. The van der Waals surface area contributed by atoms with Gasteiger partial charge in [-0.25, -0.2) is 4.98 Å². The molecule has 2 aromatic carbocycles. The Bertz CT molecular complexity index is 686. The third-order valence-electron chi connectivity index (χ3n) is 3.16. The summed E-state index contributed by atoms with van der Waals surface area (Å²) in [6.45, 7) is 0. The van der Waals surface area contributed by atoms with Crippen LogP contribution in [0.25, 0.3) is 11.0 Å². The first kappa shape index (κ1) is 11.4. The molecule has 0 aliphatic carbocycles. The molecule has 0 N–H and O–H groups in total. The smallest absolute Gasteiger partial charge is 0.114 e. The van der Waals surface area contributed by atoms with Crippen molar-refractivity contribution in [1.29, 1.82) is 0 Å². The van der Waals surface area contributed by atoms with Crippen molar-refractivity contribution in [1.82, 2.24) is 9.55 Å². The lowest BCUT2D eigenvalue weighted by Crippen LogP contribution is -1.98. The number of hydrogen-bond donors (Lipinski definition) is 1. The summed E-state index contributed by atoms with van der Waals surface area (Å²) in [5.41, 5.74) is 3.44. The Balaban J connectivity index is 2.05. The van der Waals surface area contributed by atoms with Crippen molar-refractivity contribution in [3.8, 4) is 0 Å². The number of hydrogen-bond acceptors (Lipinski definition) is 2. The lowest BCUT2D eigenvalue weighted by Gasteiger charge is -2.02. The molecule has 0 saturated carbocycles. The monoisotopic (exact) mass is 254 g/mol. The minimum absolute atomic E-state index is 0.855. The molecular formula is C15H14N2S. The molecule has 18 heavy (non-hydrogen) atoms. The molecule has 2 nitrogen and oxygen atoms in total. The van der Waals surface area contributed by atoms with Crippen LogP contribution < -0.4 is 0 Å². The number of nitrogens with zero attached hydrogens (tertiary/aromatic N) is 2. The van der Waals surface area contributed by atoms with Crippen LogP contribution in [0.3, 0.4) is 0 Å². The number of imidazole rings is 1. The molecule has 0 aliphatic rings. The number of thiol groups is 1. The van der Waals surface area contributed by atoms with Crippen molar-refractivity contribution in [2.75, 3.05) is 0 Å². The van der Waals surface area contributed by atoms with E-state index in [1.54, 1.807) is 0 Å². The zero-order chi connectivity index (χ0) is 12.5. The second kappa shape index (κ2) is 4.50. The predicted molar refractivity (Wildman–Crippen MR) is 77.2 cm³/mol. The van der Waals surface area contributed by atoms with Gasteiger partial charge in [-0.05, 0) is 23.8 Å². The molecule has 0 fully saturated rings. The molecule has 0 radical (unpaired) electrons. The molecule has 0 spiro atoms. The van der Waals surface area contributed by atoms with E-state index in [-0.39, 0.29) is 0 Å². The lowest BCUT2D eigenvalue weighted by molar-refractivity contribution is 0.844. The molecule has 0 atom stereocenters. The molecule has 1 aromatic heterocycles. The SMILES string of the molecule is Cn1c(Cc2ccccc2)nc2cc(S)ccc21. The summed E-state index contributed by atoms with van der Waals surface area (Å²) in [5, 5.41) is 0. The van der Waals surface area contributed by atoms with E-state index in [1.807, 2.05) is 18.2 Å². The highest BCUT2D eigenvalue weighted by molar-refractivity contribution is 7.80. The van der Waals surface area contributed by atoms with Gasteiger partial charge in [-0.15, -0.1) is 12.6 Å². The summed E-state index contributed by atoms with van der Waals surface area (Å²) in [6, 6.07) is 16.5. The lowest BCUT2D eigenvalue weighted by atomic mass is 10.1. The highest BCUT2D eigenvalue weighted by atomic mass is 32.1. The van der Waals surface area contributed by atoms with Crippen molar-refractivity contribution >= 4 is 23.7 Å². The second-order valence-corrected chi connectivity index (χ2v) is 4.94. The van der Waals surface area contributed by atoms with E-state index in [2.05, 4.69) is 59.6 Å². The van der Waals surface area contributed by atoms with Gasteiger partial charge in [0.1, 0.15) is 5.82 Å². The average molecular weight is 254 g/mol. The van der Waals surface area contributed by atoms with Gasteiger partial charge in [0.15, 0.2) is 0 Å². The third-order valence-corrected chi connectivity index (χ3v) is 3.44. The summed E-state index contributed by atoms with van der Waals surface area (Å²) in [5.74, 6) is 1.08. The fraction of sp³-hybridized carbons (Fsp3) is 0.133. The van der Waals surface area contributed by atoms with Crippen LogP contribution >= 0.6 is 12.6 Å². The first-order valence-corrected chi connectivity index (χ1v) is 6.37. The number of benzene rings is 2. The van der Waals surface area contributed by atoms with E-state index in [9.17, 15) is 0 Å². The van der Waals surface area contributed by atoms with E-state index in [1.165, 1.54) is 5.56 Å². The zero-order valence-electron chi connectivity index (χ0n) is 10.2. The Morgan fingerprint density at radius 1 is 1.11 bits per heavy atom. The summed E-state index contributed by atoms with van der Waals surface area (Å²) in [4.78, 5) is 5.63. The summed E-state index contributed by atoms with van der Waals surface area (Å²) < 4.78 is 2.15. The number of aryl methyl sites for hydroxylation is 1. The molecule has 0 aliphatic heterocycles. The van der Waals surface area contributed by atoms with Gasteiger partial charge in [0.2, 0.25) is 0 Å². The van der Waals surface area contributed by atoms with E-state index in [0.717, 1.165) is 28.2 Å². The topological polar surface area (TPSA) is 17.8 Å². The van der Waals surface area contributed by atoms with Crippen LogP contribution in [0.15, 0.2) is 53.4 Å². The van der Waals surface area contributed by atoms with Crippen molar-refractivity contribution in [3.63, 3.8) is 0 Å². The van der Waals surface area contributed by atoms with Crippen molar-refractivity contribution < 1.29 is 0 Å². The van der Waals surface area contributed by atoms with Crippen molar-refractivity contribution in [2.45, 2.75) is 11.3 Å². The van der Waals surface area contributed by atoms with Crippen LogP contribution in [0, 0.1) is 0 Å². The minimum Gasteiger partial charge on any atom is -0.331 e.